The SMILES string of the molecule is CCCOc1ccc(Cl)cc1NC(=O)CSCc1ccc(OC)c([N+](=O)[O-])c1. The van der Waals surface area contributed by atoms with Crippen LogP contribution in [0.1, 0.15) is 18.9 Å². The first-order chi connectivity index (χ1) is 13.4. The maximum Gasteiger partial charge on any atom is 0.311 e. The van der Waals surface area contributed by atoms with E-state index in [0.29, 0.717) is 28.8 Å². The molecule has 2 rings (SSSR count). The average molecular weight is 425 g/mol. The number of nitrogens with one attached hydrogen (secondary N) is 1. The summed E-state index contributed by atoms with van der Waals surface area (Å²) in [5.41, 5.74) is 1.16. The third-order valence-electron chi connectivity index (χ3n) is 3.62. The van der Waals surface area contributed by atoms with Crippen molar-refractivity contribution in [3.05, 3.63) is 57.1 Å². The third kappa shape index (κ3) is 6.31. The second-order valence-corrected chi connectivity index (χ2v) is 7.22. The summed E-state index contributed by atoms with van der Waals surface area (Å²) in [5, 5.41) is 14.4. The van der Waals surface area contributed by atoms with E-state index in [9.17, 15) is 14.9 Å². The Bertz CT molecular complexity index is 847. The number of nitro groups is 1. The molecule has 1 amide bonds. The number of rotatable bonds is 10. The Morgan fingerprint density at radius 1 is 1.25 bits per heavy atom. The number of anilines is 1. The zero-order chi connectivity index (χ0) is 20.5. The van der Waals surface area contributed by atoms with Crippen LogP contribution in [-0.4, -0.2) is 30.3 Å². The van der Waals surface area contributed by atoms with Crippen LogP contribution in [0.3, 0.4) is 0 Å². The van der Waals surface area contributed by atoms with Crippen molar-refractivity contribution in [3.8, 4) is 11.5 Å². The molecular weight excluding hydrogens is 404 g/mol. The van der Waals surface area contributed by atoms with E-state index in [-0.39, 0.29) is 23.1 Å². The van der Waals surface area contributed by atoms with Gasteiger partial charge in [0.2, 0.25) is 5.91 Å². The number of nitrogens with zero attached hydrogens (tertiary/aromatic N) is 1. The van der Waals surface area contributed by atoms with Gasteiger partial charge in [-0.05, 0) is 36.2 Å². The number of halogens is 1. The van der Waals surface area contributed by atoms with Crippen LogP contribution in [0.5, 0.6) is 11.5 Å². The first-order valence-electron chi connectivity index (χ1n) is 8.55. The van der Waals surface area contributed by atoms with E-state index in [1.807, 2.05) is 6.92 Å². The lowest BCUT2D eigenvalue weighted by molar-refractivity contribution is -0.385. The topological polar surface area (TPSA) is 90.7 Å². The quantitative estimate of drug-likeness (QED) is 0.430. The normalized spacial score (nSPS) is 10.4. The predicted molar refractivity (Wildman–Crippen MR) is 112 cm³/mol. The zero-order valence-electron chi connectivity index (χ0n) is 15.6. The Kier molecular flexibility index (Phi) is 8.41. The maximum absolute atomic E-state index is 12.3. The van der Waals surface area contributed by atoms with Crippen molar-refractivity contribution in [3.63, 3.8) is 0 Å². The van der Waals surface area contributed by atoms with Gasteiger partial charge in [-0.15, -0.1) is 11.8 Å². The van der Waals surface area contributed by atoms with Crippen LogP contribution in [0.15, 0.2) is 36.4 Å². The van der Waals surface area contributed by atoms with E-state index >= 15 is 0 Å². The van der Waals surface area contributed by atoms with Crippen molar-refractivity contribution < 1.29 is 19.2 Å². The number of carbonyl (C=O) groups is 1. The Morgan fingerprint density at radius 3 is 2.68 bits per heavy atom. The lowest BCUT2D eigenvalue weighted by atomic mass is 10.2. The number of nitro benzene ring substituents is 1. The summed E-state index contributed by atoms with van der Waals surface area (Å²) >= 11 is 7.35. The molecule has 0 aromatic heterocycles. The minimum Gasteiger partial charge on any atom is -0.491 e. The van der Waals surface area contributed by atoms with Gasteiger partial charge in [-0.1, -0.05) is 24.6 Å². The van der Waals surface area contributed by atoms with Gasteiger partial charge in [0, 0.05) is 16.8 Å². The minimum absolute atomic E-state index is 0.0957. The lowest BCUT2D eigenvalue weighted by Crippen LogP contribution is -2.15. The van der Waals surface area contributed by atoms with Crippen LogP contribution in [0.25, 0.3) is 0 Å². The van der Waals surface area contributed by atoms with Crippen LogP contribution in [0.4, 0.5) is 11.4 Å². The number of methoxy groups -OCH3 is 1. The van der Waals surface area contributed by atoms with Gasteiger partial charge in [0.25, 0.3) is 0 Å². The average Bonchev–Trinajstić information content (AvgIpc) is 2.67. The number of ether oxygens (including phenoxy) is 2. The number of amides is 1. The van der Waals surface area contributed by atoms with Crippen LogP contribution in [0, 0.1) is 10.1 Å². The smallest absolute Gasteiger partial charge is 0.311 e. The standard InChI is InChI=1S/C19H21ClN2O5S/c1-3-8-27-17-7-5-14(20)10-15(17)21-19(23)12-28-11-13-4-6-18(26-2)16(9-13)22(24)25/h4-7,9-10H,3,8,11-12H2,1-2H3,(H,21,23). The summed E-state index contributed by atoms with van der Waals surface area (Å²) < 4.78 is 10.6. The van der Waals surface area contributed by atoms with Gasteiger partial charge in [0.1, 0.15) is 5.75 Å². The molecule has 7 nitrogen and oxygen atoms in total. The number of hydrogen-bond acceptors (Lipinski definition) is 6. The van der Waals surface area contributed by atoms with E-state index in [2.05, 4.69) is 5.32 Å². The van der Waals surface area contributed by atoms with Gasteiger partial charge in [-0.2, -0.15) is 0 Å². The molecule has 0 heterocycles. The molecule has 0 aliphatic carbocycles. The van der Waals surface area contributed by atoms with Crippen LogP contribution < -0.4 is 14.8 Å². The summed E-state index contributed by atoms with van der Waals surface area (Å²) in [7, 11) is 1.38. The molecule has 0 fully saturated rings. The molecule has 28 heavy (non-hydrogen) atoms. The number of carbonyl (C=O) groups excluding carboxylic acids is 1. The Balaban J connectivity index is 1.94. The Hall–Kier alpha value is -2.45. The van der Waals surface area contributed by atoms with Crippen LogP contribution >= 0.6 is 23.4 Å². The maximum atomic E-state index is 12.3. The molecule has 0 radical (unpaired) electrons. The molecule has 9 heteroatoms. The van der Waals surface area contributed by atoms with Gasteiger partial charge < -0.3 is 14.8 Å². The van der Waals surface area contributed by atoms with Crippen LogP contribution in [0.2, 0.25) is 5.02 Å². The van der Waals surface area contributed by atoms with Crippen molar-refractivity contribution in [2.24, 2.45) is 0 Å². The highest BCUT2D eigenvalue weighted by Crippen LogP contribution is 2.30. The van der Waals surface area contributed by atoms with E-state index < -0.39 is 4.92 Å². The molecule has 0 atom stereocenters. The minimum atomic E-state index is -0.489. The highest BCUT2D eigenvalue weighted by atomic mass is 35.5. The molecule has 1 N–H and O–H groups in total. The molecule has 2 aromatic carbocycles. The fraction of sp³-hybridized carbons (Fsp3) is 0.316. The van der Waals surface area contributed by atoms with Gasteiger partial charge >= 0.3 is 5.69 Å². The summed E-state index contributed by atoms with van der Waals surface area (Å²) in [6.07, 6.45) is 0.847. The summed E-state index contributed by atoms with van der Waals surface area (Å²) in [6.45, 7) is 2.53. The van der Waals surface area contributed by atoms with Gasteiger partial charge in [-0.25, -0.2) is 0 Å². The largest absolute Gasteiger partial charge is 0.491 e. The molecule has 0 saturated heterocycles. The van der Waals surface area contributed by atoms with Gasteiger partial charge in [0.05, 0.1) is 30.1 Å². The highest BCUT2D eigenvalue weighted by Gasteiger charge is 2.15. The highest BCUT2D eigenvalue weighted by molar-refractivity contribution is 7.99. The second kappa shape index (κ2) is 10.8. The second-order valence-electron chi connectivity index (χ2n) is 5.79. The molecule has 0 bridgehead atoms. The fourth-order valence-corrected chi connectivity index (χ4v) is 3.30. The Morgan fingerprint density at radius 2 is 2.00 bits per heavy atom. The van der Waals surface area contributed by atoms with E-state index in [4.69, 9.17) is 21.1 Å². The number of hydrogen-bond donors (Lipinski definition) is 1. The van der Waals surface area contributed by atoms with Crippen molar-refractivity contribution in [2.75, 3.05) is 24.8 Å². The number of benzene rings is 2. The molecular formula is C19H21ClN2O5S. The molecule has 0 unspecified atom stereocenters. The molecule has 0 aliphatic heterocycles. The fourth-order valence-electron chi connectivity index (χ4n) is 2.35. The molecule has 0 aliphatic rings. The molecule has 0 saturated carbocycles. The first kappa shape index (κ1) is 21.8. The van der Waals surface area contributed by atoms with Crippen molar-refractivity contribution >= 4 is 40.6 Å². The van der Waals surface area contributed by atoms with Crippen molar-refractivity contribution in [1.29, 1.82) is 0 Å². The summed E-state index contributed by atoms with van der Waals surface area (Å²) in [4.78, 5) is 22.9. The Labute approximate surface area is 172 Å². The summed E-state index contributed by atoms with van der Waals surface area (Å²) in [5.74, 6) is 1.19. The number of thioether (sulfide) groups is 1. The van der Waals surface area contributed by atoms with E-state index in [1.165, 1.54) is 24.9 Å². The van der Waals surface area contributed by atoms with Gasteiger partial charge in [-0.3, -0.25) is 14.9 Å². The molecule has 2 aromatic rings. The van der Waals surface area contributed by atoms with Gasteiger partial charge in [0.15, 0.2) is 5.75 Å². The lowest BCUT2D eigenvalue weighted by Gasteiger charge is -2.12. The van der Waals surface area contributed by atoms with Crippen molar-refractivity contribution in [2.45, 2.75) is 19.1 Å². The van der Waals surface area contributed by atoms with Crippen molar-refractivity contribution in [1.82, 2.24) is 0 Å². The van der Waals surface area contributed by atoms with E-state index in [0.717, 1.165) is 12.0 Å². The summed E-state index contributed by atoms with van der Waals surface area (Å²) in [6, 6.07) is 9.81. The van der Waals surface area contributed by atoms with Crippen LogP contribution in [-0.2, 0) is 10.5 Å². The molecule has 0 spiro atoms. The van der Waals surface area contributed by atoms with E-state index in [1.54, 1.807) is 30.3 Å². The molecule has 150 valence electrons. The zero-order valence-corrected chi connectivity index (χ0v) is 17.1. The monoisotopic (exact) mass is 424 g/mol. The predicted octanol–water partition coefficient (Wildman–Crippen LogP) is 4.92. The first-order valence-corrected chi connectivity index (χ1v) is 10.1. The third-order valence-corrected chi connectivity index (χ3v) is 4.86.